The van der Waals surface area contributed by atoms with Crippen molar-refractivity contribution in [1.82, 2.24) is 39.5 Å². The van der Waals surface area contributed by atoms with Gasteiger partial charge in [0.1, 0.15) is 0 Å². The molecule has 0 atom stereocenters. The number of carbonyl (C=O) groups excluding carboxylic acids is 4. The standard InChI is InChI=1S/C64H60N8O8/c1-69(27-34-77-2)61(73)45-11-3-41(4-12-45)57-49-19-21-51(65-49)58(42-5-13-46(14-6-42)62(74)70-28-35-78-36-29-70)53-23-25-55(67-53)60(44-9-17-48(18-10-44)64(76)72-32-39-80-40-33-72)56-26-24-54(68-56)59(52-22-20-50(57)66-52)43-7-15-47(16-8-43)63(75)71-30-37-79-38-31-71/h3-26,65,68H,27-40H2,1-2H3. The summed E-state index contributed by atoms with van der Waals surface area (Å²) in [5, 5.41) is 0. The van der Waals surface area contributed by atoms with Crippen LogP contribution in [-0.2, 0) is 18.9 Å². The van der Waals surface area contributed by atoms with Gasteiger partial charge in [0.15, 0.2) is 0 Å². The summed E-state index contributed by atoms with van der Waals surface area (Å²) in [6, 6.07) is 38.8. The molecule has 5 aliphatic rings. The molecule has 3 aromatic heterocycles. The summed E-state index contributed by atoms with van der Waals surface area (Å²) in [5.74, 6) is -0.266. The lowest BCUT2D eigenvalue weighted by atomic mass is 10.0. The fraction of sp³-hybridized carbons (Fsp3) is 0.250. The molecule has 4 amide bonds. The summed E-state index contributed by atoms with van der Waals surface area (Å²) in [6.45, 7) is 7.08. The van der Waals surface area contributed by atoms with Gasteiger partial charge in [-0.3, -0.25) is 19.2 Å². The molecule has 16 nitrogen and oxygen atoms in total. The van der Waals surface area contributed by atoms with Crippen LogP contribution in [0.15, 0.2) is 121 Å². The van der Waals surface area contributed by atoms with Gasteiger partial charge in [-0.05, 0) is 119 Å². The molecule has 0 spiro atoms. The van der Waals surface area contributed by atoms with E-state index in [9.17, 15) is 19.2 Å². The Kier molecular flexibility index (Phi) is 14.9. The molecule has 3 fully saturated rings. The molecular formula is C64H60N8O8. The van der Waals surface area contributed by atoms with Crippen molar-refractivity contribution in [3.63, 3.8) is 0 Å². The number of hydrogen-bond donors (Lipinski definition) is 2. The first-order valence-electron chi connectivity index (χ1n) is 27.1. The molecule has 0 unspecified atom stereocenters. The topological polar surface area (TPSA) is 176 Å². The molecule has 4 aromatic carbocycles. The number of aromatic nitrogens is 4. The number of nitrogens with one attached hydrogen (secondary N) is 2. The van der Waals surface area contributed by atoms with E-state index in [0.29, 0.717) is 137 Å². The molecule has 0 saturated carbocycles. The number of methoxy groups -OCH3 is 1. The Morgan fingerprint density at radius 2 is 0.713 bits per heavy atom. The molecular weight excluding hydrogens is 1010 g/mol. The van der Waals surface area contributed by atoms with Crippen LogP contribution in [0.3, 0.4) is 0 Å². The maximum absolute atomic E-state index is 13.7. The third-order valence-corrected chi connectivity index (χ3v) is 15.3. The zero-order chi connectivity index (χ0) is 54.7. The summed E-state index contributed by atoms with van der Waals surface area (Å²) in [5.41, 5.74) is 14.7. The second-order valence-electron chi connectivity index (χ2n) is 20.2. The van der Waals surface area contributed by atoms with E-state index >= 15 is 0 Å². The lowest BCUT2D eigenvalue weighted by Crippen LogP contribution is -2.40. The third-order valence-electron chi connectivity index (χ3n) is 15.3. The van der Waals surface area contributed by atoms with Gasteiger partial charge in [0.2, 0.25) is 0 Å². The van der Waals surface area contributed by atoms with Crippen molar-refractivity contribution in [2.45, 2.75) is 0 Å². The van der Waals surface area contributed by atoms with E-state index < -0.39 is 0 Å². The minimum Gasteiger partial charge on any atom is -0.383 e. The van der Waals surface area contributed by atoms with Gasteiger partial charge in [0.25, 0.3) is 23.6 Å². The SMILES string of the molecule is COCCN(C)C(=O)c1ccc(-c2c3nc(c(-c4ccc(C(=O)N5CCOCC5)cc4)c4ccc([nH]4)c(-c4ccc(C(=O)N5CCOCC5)cc4)c4nc(c(-c5ccc(C(=O)N6CCOCC6)cc5)c5ccc2[nH]5)C=C4)C=C3)cc1. The number of hydrogen-bond acceptors (Lipinski definition) is 10. The number of carbonyl (C=O) groups is 4. The highest BCUT2D eigenvalue weighted by Crippen LogP contribution is 2.39. The number of amides is 4. The van der Waals surface area contributed by atoms with Crippen molar-refractivity contribution in [3.05, 3.63) is 166 Å². The third kappa shape index (κ3) is 10.5. The highest BCUT2D eigenvalue weighted by Gasteiger charge is 2.25. The Labute approximate surface area is 462 Å². The van der Waals surface area contributed by atoms with Crippen LogP contribution in [0.1, 0.15) is 64.2 Å². The Bertz CT molecular complexity index is 3660. The van der Waals surface area contributed by atoms with Crippen LogP contribution >= 0.6 is 0 Å². The molecule has 0 radical (unpaired) electrons. The fourth-order valence-electron chi connectivity index (χ4n) is 10.9. The second-order valence-corrected chi connectivity index (χ2v) is 20.2. The first-order chi connectivity index (χ1) is 39.2. The maximum atomic E-state index is 13.7. The Balaban J connectivity index is 1.08. The molecule has 5 aliphatic heterocycles. The van der Waals surface area contributed by atoms with E-state index in [1.807, 2.05) is 160 Å². The van der Waals surface area contributed by atoms with Crippen molar-refractivity contribution in [2.75, 3.05) is 106 Å². The minimum atomic E-state index is -0.121. The number of morpholine rings is 3. The van der Waals surface area contributed by atoms with Gasteiger partial charge in [-0.2, -0.15) is 0 Å². The van der Waals surface area contributed by atoms with Gasteiger partial charge in [-0.15, -0.1) is 0 Å². The quantitative estimate of drug-likeness (QED) is 0.127. The number of likely N-dealkylation sites (N-methyl/N-ethyl adjacent to an activating group) is 1. The van der Waals surface area contributed by atoms with Crippen molar-refractivity contribution < 1.29 is 38.1 Å². The Morgan fingerprint density at radius 3 is 0.988 bits per heavy atom. The molecule has 404 valence electrons. The molecule has 7 aromatic rings. The van der Waals surface area contributed by atoms with Crippen LogP contribution in [0.5, 0.6) is 0 Å². The smallest absolute Gasteiger partial charge is 0.254 e. The summed E-state index contributed by atoms with van der Waals surface area (Å²) in [4.78, 5) is 80.4. The van der Waals surface area contributed by atoms with Crippen molar-refractivity contribution >= 4 is 70.0 Å². The zero-order valence-electron chi connectivity index (χ0n) is 44.7. The second kappa shape index (κ2) is 22.9. The molecule has 3 saturated heterocycles. The van der Waals surface area contributed by atoms with Crippen LogP contribution in [0.2, 0.25) is 0 Å². The summed E-state index contributed by atoms with van der Waals surface area (Å²) < 4.78 is 21.9. The predicted molar refractivity (Wildman–Crippen MR) is 310 cm³/mol. The average molecular weight is 1070 g/mol. The molecule has 2 N–H and O–H groups in total. The summed E-state index contributed by atoms with van der Waals surface area (Å²) in [6.07, 6.45) is 8.06. The van der Waals surface area contributed by atoms with Crippen LogP contribution in [-0.4, -0.2) is 169 Å². The zero-order valence-corrected chi connectivity index (χ0v) is 44.7. The van der Waals surface area contributed by atoms with Gasteiger partial charge >= 0.3 is 0 Å². The van der Waals surface area contributed by atoms with Gasteiger partial charge in [0.05, 0.1) is 69.0 Å². The molecule has 0 aliphatic carbocycles. The average Bonchev–Trinajstić information content (AvgIpc) is 4.40. The Hall–Kier alpha value is -8.80. The van der Waals surface area contributed by atoms with Gasteiger partial charge in [0, 0.05) is 127 Å². The number of nitrogens with zero attached hydrogens (tertiary/aromatic N) is 6. The molecule has 8 bridgehead atoms. The number of H-pyrrole nitrogens is 2. The monoisotopic (exact) mass is 1070 g/mol. The lowest BCUT2D eigenvalue weighted by Gasteiger charge is -2.26. The van der Waals surface area contributed by atoms with E-state index in [1.54, 1.807) is 19.1 Å². The first kappa shape index (κ1) is 51.9. The molecule has 80 heavy (non-hydrogen) atoms. The van der Waals surface area contributed by atoms with Crippen LogP contribution in [0.4, 0.5) is 0 Å². The van der Waals surface area contributed by atoms with Crippen molar-refractivity contribution in [1.29, 1.82) is 0 Å². The number of benzene rings is 4. The lowest BCUT2D eigenvalue weighted by molar-refractivity contribution is 0.0301. The number of aromatic amines is 2. The maximum Gasteiger partial charge on any atom is 0.254 e. The molecule has 16 heteroatoms. The van der Waals surface area contributed by atoms with Crippen LogP contribution in [0.25, 0.3) is 90.9 Å². The molecule has 12 rings (SSSR count). The number of ether oxygens (including phenoxy) is 4. The van der Waals surface area contributed by atoms with Crippen molar-refractivity contribution in [2.24, 2.45) is 0 Å². The Morgan fingerprint density at radius 1 is 0.438 bits per heavy atom. The predicted octanol–water partition coefficient (Wildman–Crippen LogP) is 9.46. The highest BCUT2D eigenvalue weighted by atomic mass is 16.5. The van der Waals surface area contributed by atoms with Crippen molar-refractivity contribution in [3.8, 4) is 44.5 Å². The summed E-state index contributed by atoms with van der Waals surface area (Å²) >= 11 is 0. The largest absolute Gasteiger partial charge is 0.383 e. The number of fused-ring (bicyclic) bond motifs is 8. The molecule has 8 heterocycles. The van der Waals surface area contributed by atoms with Gasteiger partial charge < -0.3 is 48.5 Å². The minimum absolute atomic E-state index is 0.0477. The summed E-state index contributed by atoms with van der Waals surface area (Å²) in [7, 11) is 3.38. The van der Waals surface area contributed by atoms with E-state index in [2.05, 4.69) is 9.97 Å². The van der Waals surface area contributed by atoms with Gasteiger partial charge in [-0.25, -0.2) is 9.97 Å². The fourth-order valence-corrected chi connectivity index (χ4v) is 10.9. The van der Waals surface area contributed by atoms with E-state index in [-0.39, 0.29) is 23.6 Å². The normalized spacial score (nSPS) is 15.3. The van der Waals surface area contributed by atoms with E-state index in [0.717, 1.165) is 66.6 Å². The van der Waals surface area contributed by atoms with E-state index in [1.165, 1.54) is 0 Å². The van der Waals surface area contributed by atoms with E-state index in [4.69, 9.17) is 28.9 Å². The van der Waals surface area contributed by atoms with Crippen LogP contribution < -0.4 is 0 Å². The highest BCUT2D eigenvalue weighted by molar-refractivity contribution is 6.03. The van der Waals surface area contributed by atoms with Crippen LogP contribution in [0, 0.1) is 0 Å². The van der Waals surface area contributed by atoms with Gasteiger partial charge in [-0.1, -0.05) is 48.5 Å². The number of rotatable bonds is 11. The first-order valence-corrected chi connectivity index (χ1v) is 27.1.